The van der Waals surface area contributed by atoms with E-state index in [1.54, 1.807) is 12.1 Å². The van der Waals surface area contributed by atoms with Crippen molar-refractivity contribution in [3.8, 4) is 5.75 Å². The molecule has 0 unspecified atom stereocenters. The van der Waals surface area contributed by atoms with E-state index in [1.807, 2.05) is 0 Å². The first kappa shape index (κ1) is 14.1. The van der Waals surface area contributed by atoms with Gasteiger partial charge in [-0.25, -0.2) is 4.99 Å². The fraction of sp³-hybridized carbons (Fsp3) is 0. The maximum absolute atomic E-state index is 10.9. The molecular formula is C13H9N3O5. The van der Waals surface area contributed by atoms with Crippen LogP contribution in [0.5, 0.6) is 5.75 Å². The van der Waals surface area contributed by atoms with Crippen LogP contribution in [0.1, 0.15) is 5.56 Å². The molecule has 0 radical (unpaired) electrons. The number of benzene rings is 2. The summed E-state index contributed by atoms with van der Waals surface area (Å²) in [5.41, 5.74) is -0.177. The number of non-ortho nitro benzene ring substituents is 1. The van der Waals surface area contributed by atoms with Crippen LogP contribution in [0.2, 0.25) is 0 Å². The Kier molecular flexibility index (Phi) is 3.89. The lowest BCUT2D eigenvalue weighted by Crippen LogP contribution is -1.93. The second kappa shape index (κ2) is 5.78. The number of nitro groups is 2. The summed E-state index contributed by atoms with van der Waals surface area (Å²) in [5, 5.41) is 30.7. The minimum absolute atomic E-state index is 0.0127. The number of hydrogen-bond acceptors (Lipinski definition) is 6. The molecule has 1 N–H and O–H groups in total. The predicted octanol–water partition coefficient (Wildman–Crippen LogP) is 2.96. The van der Waals surface area contributed by atoms with Crippen molar-refractivity contribution in [3.05, 3.63) is 68.3 Å². The van der Waals surface area contributed by atoms with Crippen molar-refractivity contribution in [3.63, 3.8) is 0 Å². The number of aromatic hydroxyl groups is 1. The minimum atomic E-state index is -0.726. The normalized spacial score (nSPS) is 10.7. The van der Waals surface area contributed by atoms with Gasteiger partial charge in [-0.15, -0.1) is 0 Å². The van der Waals surface area contributed by atoms with Gasteiger partial charge in [0.15, 0.2) is 0 Å². The molecule has 0 saturated carbocycles. The summed E-state index contributed by atoms with van der Waals surface area (Å²) in [5.74, 6) is 0.0912. The third-order valence-electron chi connectivity index (χ3n) is 2.61. The van der Waals surface area contributed by atoms with Crippen molar-refractivity contribution in [2.24, 2.45) is 4.99 Å². The molecule has 106 valence electrons. The van der Waals surface area contributed by atoms with Crippen LogP contribution in [0.3, 0.4) is 0 Å². The summed E-state index contributed by atoms with van der Waals surface area (Å²) in [7, 11) is 0. The van der Waals surface area contributed by atoms with Crippen molar-refractivity contribution >= 4 is 23.3 Å². The van der Waals surface area contributed by atoms with Crippen molar-refractivity contribution in [2.45, 2.75) is 0 Å². The van der Waals surface area contributed by atoms with E-state index in [2.05, 4.69) is 4.99 Å². The van der Waals surface area contributed by atoms with Crippen LogP contribution in [-0.4, -0.2) is 21.2 Å². The van der Waals surface area contributed by atoms with E-state index in [9.17, 15) is 20.2 Å². The third-order valence-corrected chi connectivity index (χ3v) is 2.61. The maximum Gasteiger partial charge on any atom is 0.301 e. The van der Waals surface area contributed by atoms with Gasteiger partial charge in [0, 0.05) is 12.3 Å². The molecule has 2 rings (SSSR count). The SMILES string of the molecule is O=[N+]([O-])c1ccc(N=Cc2ccc(O)cc2)c([N+](=O)[O-])c1. The first-order chi connectivity index (χ1) is 9.97. The highest BCUT2D eigenvalue weighted by Gasteiger charge is 2.18. The zero-order chi connectivity index (χ0) is 15.4. The van der Waals surface area contributed by atoms with E-state index in [4.69, 9.17) is 5.11 Å². The lowest BCUT2D eigenvalue weighted by Gasteiger charge is -1.98. The molecule has 0 fully saturated rings. The molecule has 0 aliphatic carbocycles. The van der Waals surface area contributed by atoms with Crippen LogP contribution in [0, 0.1) is 20.2 Å². The summed E-state index contributed by atoms with van der Waals surface area (Å²) >= 11 is 0. The average molecular weight is 287 g/mol. The Hall–Kier alpha value is -3.29. The standard InChI is InChI=1S/C13H9N3O5/c17-11-4-1-9(2-5-11)8-14-12-6-3-10(15(18)19)7-13(12)16(20)21/h1-8,17H. The van der Waals surface area contributed by atoms with Gasteiger partial charge in [-0.1, -0.05) is 0 Å². The summed E-state index contributed by atoms with van der Waals surface area (Å²) in [6, 6.07) is 9.29. The monoisotopic (exact) mass is 287 g/mol. The first-order valence-corrected chi connectivity index (χ1v) is 5.73. The summed E-state index contributed by atoms with van der Waals surface area (Å²) in [6.45, 7) is 0. The molecule has 0 aliphatic rings. The van der Waals surface area contributed by atoms with Crippen LogP contribution in [0.15, 0.2) is 47.5 Å². The van der Waals surface area contributed by atoms with Gasteiger partial charge in [0.05, 0.1) is 15.9 Å². The highest BCUT2D eigenvalue weighted by atomic mass is 16.6. The molecule has 0 saturated heterocycles. The quantitative estimate of drug-likeness (QED) is 0.526. The molecule has 0 bridgehead atoms. The number of phenolic OH excluding ortho intramolecular Hbond substituents is 1. The fourth-order valence-corrected chi connectivity index (χ4v) is 1.59. The predicted molar refractivity (Wildman–Crippen MR) is 75.1 cm³/mol. The Labute approximate surface area is 118 Å². The van der Waals surface area contributed by atoms with E-state index >= 15 is 0 Å². The topological polar surface area (TPSA) is 119 Å². The van der Waals surface area contributed by atoms with Crippen LogP contribution in [0.25, 0.3) is 0 Å². The van der Waals surface area contributed by atoms with Crippen LogP contribution in [-0.2, 0) is 0 Å². The Morgan fingerprint density at radius 2 is 1.67 bits per heavy atom. The highest BCUT2D eigenvalue weighted by Crippen LogP contribution is 2.31. The minimum Gasteiger partial charge on any atom is -0.508 e. The molecule has 8 heteroatoms. The highest BCUT2D eigenvalue weighted by molar-refractivity contribution is 5.83. The Morgan fingerprint density at radius 3 is 2.24 bits per heavy atom. The summed E-state index contributed by atoms with van der Waals surface area (Å²) in [4.78, 5) is 24.1. The van der Waals surface area contributed by atoms with Crippen LogP contribution in [0.4, 0.5) is 17.1 Å². The molecule has 2 aromatic rings. The molecule has 0 aromatic heterocycles. The second-order valence-electron chi connectivity index (χ2n) is 4.04. The van der Waals surface area contributed by atoms with Crippen molar-refractivity contribution in [1.29, 1.82) is 0 Å². The van der Waals surface area contributed by atoms with Crippen LogP contribution >= 0.6 is 0 Å². The molecule has 0 aliphatic heterocycles. The van der Waals surface area contributed by atoms with Gasteiger partial charge in [-0.2, -0.15) is 0 Å². The largest absolute Gasteiger partial charge is 0.508 e. The Bertz CT molecular complexity index is 725. The lowest BCUT2D eigenvalue weighted by atomic mass is 10.2. The summed E-state index contributed by atoms with van der Waals surface area (Å²) in [6.07, 6.45) is 1.37. The van der Waals surface area contributed by atoms with Crippen molar-refractivity contribution in [1.82, 2.24) is 0 Å². The molecule has 0 amide bonds. The van der Waals surface area contributed by atoms with E-state index < -0.39 is 15.5 Å². The van der Waals surface area contributed by atoms with Gasteiger partial charge in [0.25, 0.3) is 5.69 Å². The van der Waals surface area contributed by atoms with Gasteiger partial charge in [0.2, 0.25) is 0 Å². The molecule has 2 aromatic carbocycles. The maximum atomic E-state index is 10.9. The lowest BCUT2D eigenvalue weighted by molar-refractivity contribution is -0.393. The molecule has 8 nitrogen and oxygen atoms in total. The number of nitrogens with zero attached hydrogens (tertiary/aromatic N) is 3. The third kappa shape index (κ3) is 3.38. The molecule has 21 heavy (non-hydrogen) atoms. The zero-order valence-electron chi connectivity index (χ0n) is 10.5. The average Bonchev–Trinajstić information content (AvgIpc) is 2.46. The van der Waals surface area contributed by atoms with E-state index in [-0.39, 0.29) is 17.1 Å². The van der Waals surface area contributed by atoms with E-state index in [0.717, 1.165) is 12.1 Å². The smallest absolute Gasteiger partial charge is 0.301 e. The first-order valence-electron chi connectivity index (χ1n) is 5.73. The zero-order valence-corrected chi connectivity index (χ0v) is 10.5. The fourth-order valence-electron chi connectivity index (χ4n) is 1.59. The van der Waals surface area contributed by atoms with Gasteiger partial charge in [-0.05, 0) is 35.9 Å². The molecule has 0 spiro atoms. The Balaban J connectivity index is 2.37. The van der Waals surface area contributed by atoms with E-state index in [1.165, 1.54) is 24.4 Å². The summed E-state index contributed by atoms with van der Waals surface area (Å²) < 4.78 is 0. The molecule has 0 atom stereocenters. The number of aliphatic imine (C=N–C) groups is 1. The number of rotatable bonds is 4. The second-order valence-corrected chi connectivity index (χ2v) is 4.04. The molecular weight excluding hydrogens is 278 g/mol. The number of nitro benzene ring substituents is 2. The van der Waals surface area contributed by atoms with Crippen LogP contribution < -0.4 is 0 Å². The molecule has 0 heterocycles. The van der Waals surface area contributed by atoms with Crippen molar-refractivity contribution in [2.75, 3.05) is 0 Å². The van der Waals surface area contributed by atoms with Gasteiger partial charge in [0.1, 0.15) is 11.4 Å². The number of hydrogen-bond donors (Lipinski definition) is 1. The van der Waals surface area contributed by atoms with E-state index in [0.29, 0.717) is 5.56 Å². The van der Waals surface area contributed by atoms with Gasteiger partial charge in [-0.3, -0.25) is 20.2 Å². The Morgan fingerprint density at radius 1 is 1.00 bits per heavy atom. The van der Waals surface area contributed by atoms with Gasteiger partial charge >= 0.3 is 5.69 Å². The van der Waals surface area contributed by atoms with Crippen molar-refractivity contribution < 1.29 is 15.0 Å². The van der Waals surface area contributed by atoms with Gasteiger partial charge < -0.3 is 5.11 Å². The number of phenols is 1.